The second-order valence-electron chi connectivity index (χ2n) is 6.63. The van der Waals surface area contributed by atoms with Crippen molar-refractivity contribution in [3.63, 3.8) is 0 Å². The van der Waals surface area contributed by atoms with Gasteiger partial charge in [-0.15, -0.1) is 0 Å². The van der Waals surface area contributed by atoms with Gasteiger partial charge in [-0.05, 0) is 25.0 Å². The summed E-state index contributed by atoms with van der Waals surface area (Å²) in [6.07, 6.45) is 8.64. The molecule has 0 bridgehead atoms. The van der Waals surface area contributed by atoms with Crippen LogP contribution in [0.3, 0.4) is 0 Å². The van der Waals surface area contributed by atoms with Gasteiger partial charge in [0, 0.05) is 49.6 Å². The van der Waals surface area contributed by atoms with Crippen molar-refractivity contribution in [1.82, 2.24) is 20.0 Å². The predicted molar refractivity (Wildman–Crippen MR) is 84.7 cm³/mol. The molecule has 0 amide bonds. The van der Waals surface area contributed by atoms with Crippen LogP contribution in [0.25, 0.3) is 11.4 Å². The first kappa shape index (κ1) is 14.8. The van der Waals surface area contributed by atoms with Gasteiger partial charge in [-0.25, -0.2) is 0 Å². The lowest BCUT2D eigenvalue weighted by Crippen LogP contribution is -2.31. The van der Waals surface area contributed by atoms with Crippen LogP contribution < -0.4 is 0 Å². The normalized spacial score (nSPS) is 26.1. The number of hydrogen-bond donors (Lipinski definition) is 1. The highest BCUT2D eigenvalue weighted by Gasteiger charge is 2.40. The number of likely N-dealkylation sites (tertiary alicyclic amines) is 1. The third kappa shape index (κ3) is 2.88. The van der Waals surface area contributed by atoms with E-state index in [1.807, 2.05) is 12.1 Å². The van der Waals surface area contributed by atoms with Crippen LogP contribution in [0.1, 0.15) is 37.5 Å². The van der Waals surface area contributed by atoms with Crippen LogP contribution in [0.5, 0.6) is 0 Å². The van der Waals surface area contributed by atoms with Gasteiger partial charge in [-0.2, -0.15) is 4.98 Å². The first-order valence-electron chi connectivity index (χ1n) is 8.44. The summed E-state index contributed by atoms with van der Waals surface area (Å²) >= 11 is 0. The van der Waals surface area contributed by atoms with E-state index in [2.05, 4.69) is 20.0 Å². The number of aliphatic hydroxyl groups excluding tert-OH is 1. The lowest BCUT2D eigenvalue weighted by Gasteiger charge is -2.23. The van der Waals surface area contributed by atoms with Gasteiger partial charge in [-0.3, -0.25) is 9.88 Å². The SMILES string of the molecule is OC[C@@H]1CN(C2CCCC2)C[C@H]1c1nc(-c2ccncc2)no1. The number of hydrogen-bond acceptors (Lipinski definition) is 6. The molecule has 2 fully saturated rings. The minimum absolute atomic E-state index is 0.128. The van der Waals surface area contributed by atoms with Crippen LogP contribution in [-0.2, 0) is 0 Å². The molecule has 4 rings (SSSR count). The largest absolute Gasteiger partial charge is 0.396 e. The summed E-state index contributed by atoms with van der Waals surface area (Å²) in [7, 11) is 0. The molecule has 23 heavy (non-hydrogen) atoms. The van der Waals surface area contributed by atoms with Gasteiger partial charge in [0.15, 0.2) is 0 Å². The lowest BCUT2D eigenvalue weighted by molar-refractivity contribution is 0.194. The van der Waals surface area contributed by atoms with Crippen molar-refractivity contribution >= 4 is 0 Å². The van der Waals surface area contributed by atoms with Crippen molar-refractivity contribution in [2.75, 3.05) is 19.7 Å². The highest BCUT2D eigenvalue weighted by Crippen LogP contribution is 2.36. The molecule has 1 saturated carbocycles. The fourth-order valence-electron chi connectivity index (χ4n) is 3.94. The molecule has 3 heterocycles. The Balaban J connectivity index is 1.53. The molecule has 0 radical (unpaired) electrons. The molecule has 0 aromatic carbocycles. The zero-order valence-electron chi connectivity index (χ0n) is 13.1. The van der Waals surface area contributed by atoms with Gasteiger partial charge in [0.25, 0.3) is 0 Å². The molecule has 6 nitrogen and oxygen atoms in total. The standard InChI is InChI=1S/C17H22N4O2/c22-11-13-9-21(14-3-1-2-4-14)10-15(13)17-19-16(20-23-17)12-5-7-18-8-6-12/h5-8,13-15,22H,1-4,9-11H2/t13-,15+/m0/s1. The molecule has 2 aromatic heterocycles. The smallest absolute Gasteiger partial charge is 0.231 e. The minimum Gasteiger partial charge on any atom is -0.396 e. The Bertz CT molecular complexity index is 639. The first-order chi connectivity index (χ1) is 11.3. The molecule has 0 unspecified atom stereocenters. The van der Waals surface area contributed by atoms with Crippen LogP contribution in [0.4, 0.5) is 0 Å². The van der Waals surface area contributed by atoms with Crippen molar-refractivity contribution in [2.45, 2.75) is 37.6 Å². The monoisotopic (exact) mass is 314 g/mol. The van der Waals surface area contributed by atoms with Gasteiger partial charge in [0.1, 0.15) is 0 Å². The van der Waals surface area contributed by atoms with Gasteiger partial charge in [-0.1, -0.05) is 18.0 Å². The predicted octanol–water partition coefficient (Wildman–Crippen LogP) is 2.08. The van der Waals surface area contributed by atoms with E-state index in [1.165, 1.54) is 25.7 Å². The molecule has 122 valence electrons. The molecular weight excluding hydrogens is 292 g/mol. The highest BCUT2D eigenvalue weighted by molar-refractivity contribution is 5.52. The molecule has 1 aliphatic heterocycles. The summed E-state index contributed by atoms with van der Waals surface area (Å²) in [5.41, 5.74) is 0.904. The van der Waals surface area contributed by atoms with Crippen LogP contribution in [-0.4, -0.2) is 50.9 Å². The summed E-state index contributed by atoms with van der Waals surface area (Å²) in [6, 6.07) is 4.41. The van der Waals surface area contributed by atoms with Gasteiger partial charge in [0.2, 0.25) is 11.7 Å². The third-order valence-electron chi connectivity index (χ3n) is 5.24. The molecule has 1 aliphatic carbocycles. The van der Waals surface area contributed by atoms with Crippen molar-refractivity contribution < 1.29 is 9.63 Å². The maximum Gasteiger partial charge on any atom is 0.231 e. The van der Waals surface area contributed by atoms with Crippen molar-refractivity contribution in [3.8, 4) is 11.4 Å². The molecule has 0 spiro atoms. The summed E-state index contributed by atoms with van der Waals surface area (Å²) in [5, 5.41) is 13.9. The van der Waals surface area contributed by atoms with Gasteiger partial charge < -0.3 is 9.63 Å². The topological polar surface area (TPSA) is 75.3 Å². The van der Waals surface area contributed by atoms with Crippen LogP contribution >= 0.6 is 0 Å². The maximum absolute atomic E-state index is 9.76. The summed E-state index contributed by atoms with van der Waals surface area (Å²) < 4.78 is 5.53. The fraction of sp³-hybridized carbons (Fsp3) is 0.588. The van der Waals surface area contributed by atoms with Gasteiger partial charge >= 0.3 is 0 Å². The summed E-state index contributed by atoms with van der Waals surface area (Å²) in [6.45, 7) is 2.01. The number of aliphatic hydroxyl groups is 1. The fourth-order valence-corrected chi connectivity index (χ4v) is 3.94. The Morgan fingerprint density at radius 2 is 1.96 bits per heavy atom. The Hall–Kier alpha value is -1.79. The average molecular weight is 314 g/mol. The van der Waals surface area contributed by atoms with E-state index < -0.39 is 0 Å². The third-order valence-corrected chi connectivity index (χ3v) is 5.24. The molecule has 1 N–H and O–H groups in total. The Labute approximate surface area is 135 Å². The van der Waals surface area contributed by atoms with E-state index in [-0.39, 0.29) is 18.4 Å². The van der Waals surface area contributed by atoms with Crippen LogP contribution in [0, 0.1) is 5.92 Å². The quantitative estimate of drug-likeness (QED) is 0.931. The Kier molecular flexibility index (Phi) is 4.10. The van der Waals surface area contributed by atoms with E-state index >= 15 is 0 Å². The number of rotatable bonds is 4. The van der Waals surface area contributed by atoms with Crippen molar-refractivity contribution in [1.29, 1.82) is 0 Å². The second kappa shape index (κ2) is 6.37. The maximum atomic E-state index is 9.76. The minimum atomic E-state index is 0.128. The zero-order chi connectivity index (χ0) is 15.6. The summed E-state index contributed by atoms with van der Waals surface area (Å²) in [4.78, 5) is 11.1. The molecule has 1 saturated heterocycles. The number of pyridine rings is 1. The first-order valence-corrected chi connectivity index (χ1v) is 8.44. The van der Waals surface area contributed by atoms with Crippen LogP contribution in [0.15, 0.2) is 29.0 Å². The highest BCUT2D eigenvalue weighted by atomic mass is 16.5. The van der Waals surface area contributed by atoms with E-state index in [4.69, 9.17) is 4.52 Å². The summed E-state index contributed by atoms with van der Waals surface area (Å²) in [5.74, 6) is 1.56. The number of nitrogens with zero attached hydrogens (tertiary/aromatic N) is 4. The van der Waals surface area contributed by atoms with Crippen molar-refractivity contribution in [3.05, 3.63) is 30.4 Å². The molecule has 6 heteroatoms. The van der Waals surface area contributed by atoms with E-state index in [0.717, 1.165) is 18.7 Å². The molecular formula is C17H22N4O2. The average Bonchev–Trinajstić information content (AvgIpc) is 3.33. The molecule has 2 aromatic rings. The Morgan fingerprint density at radius 3 is 2.70 bits per heavy atom. The van der Waals surface area contributed by atoms with Crippen molar-refractivity contribution in [2.24, 2.45) is 5.92 Å². The van der Waals surface area contributed by atoms with Crippen LogP contribution in [0.2, 0.25) is 0 Å². The van der Waals surface area contributed by atoms with E-state index in [1.54, 1.807) is 12.4 Å². The second-order valence-corrected chi connectivity index (χ2v) is 6.63. The Morgan fingerprint density at radius 1 is 1.17 bits per heavy atom. The van der Waals surface area contributed by atoms with E-state index in [9.17, 15) is 5.11 Å². The lowest BCUT2D eigenvalue weighted by atomic mass is 9.97. The molecule has 2 aliphatic rings. The zero-order valence-corrected chi connectivity index (χ0v) is 13.1. The van der Waals surface area contributed by atoms with Gasteiger partial charge in [0.05, 0.1) is 5.92 Å². The number of aromatic nitrogens is 3. The van der Waals surface area contributed by atoms with E-state index in [0.29, 0.717) is 17.8 Å². The molecule has 2 atom stereocenters.